The fourth-order valence-corrected chi connectivity index (χ4v) is 1.67. The summed E-state index contributed by atoms with van der Waals surface area (Å²) in [7, 11) is 1.65. The summed E-state index contributed by atoms with van der Waals surface area (Å²) >= 11 is 0. The predicted octanol–water partition coefficient (Wildman–Crippen LogP) is 1.78. The van der Waals surface area contributed by atoms with Gasteiger partial charge in [0.25, 0.3) is 0 Å². The summed E-state index contributed by atoms with van der Waals surface area (Å²) in [5.74, 6) is -1.50. The van der Waals surface area contributed by atoms with Gasteiger partial charge < -0.3 is 19.7 Å². The molecule has 0 bridgehead atoms. The molecular weight excluding hydrogens is 248 g/mol. The van der Waals surface area contributed by atoms with Crippen LogP contribution in [0.3, 0.4) is 0 Å². The van der Waals surface area contributed by atoms with Crippen molar-refractivity contribution in [1.29, 1.82) is 0 Å². The van der Waals surface area contributed by atoms with Crippen molar-refractivity contribution in [1.82, 2.24) is 10.2 Å². The number of carboxylic acids is 1. The third kappa shape index (κ3) is 4.65. The Balaban J connectivity index is 2.43. The van der Waals surface area contributed by atoms with Crippen molar-refractivity contribution in [3.05, 3.63) is 24.2 Å². The molecular formula is C13H20N2O4. The van der Waals surface area contributed by atoms with Crippen LogP contribution in [0.2, 0.25) is 0 Å². The molecule has 2 N–H and O–H groups in total. The topological polar surface area (TPSA) is 82.8 Å². The van der Waals surface area contributed by atoms with Gasteiger partial charge in [0.15, 0.2) is 0 Å². The molecule has 0 saturated carbocycles. The number of nitrogens with one attached hydrogen (secondary N) is 1. The van der Waals surface area contributed by atoms with Gasteiger partial charge in [0.05, 0.1) is 25.0 Å². The summed E-state index contributed by atoms with van der Waals surface area (Å²) in [5, 5.41) is 11.7. The third-order valence-corrected chi connectivity index (χ3v) is 2.94. The zero-order chi connectivity index (χ0) is 14.4. The van der Waals surface area contributed by atoms with Crippen LogP contribution in [0.15, 0.2) is 23.0 Å². The van der Waals surface area contributed by atoms with Crippen LogP contribution in [-0.4, -0.2) is 35.6 Å². The molecule has 1 aromatic heterocycles. The number of hydrogen-bond donors (Lipinski definition) is 2. The summed E-state index contributed by atoms with van der Waals surface area (Å²) in [6.45, 7) is 4.18. The summed E-state index contributed by atoms with van der Waals surface area (Å²) in [4.78, 5) is 24.3. The molecule has 1 heterocycles. The van der Waals surface area contributed by atoms with E-state index in [9.17, 15) is 9.59 Å². The normalized spacial score (nSPS) is 12.2. The summed E-state index contributed by atoms with van der Waals surface area (Å²) in [6.07, 6.45) is 3.11. The molecule has 6 heteroatoms. The Morgan fingerprint density at radius 1 is 1.47 bits per heavy atom. The Hall–Kier alpha value is -1.98. The fourth-order valence-electron chi connectivity index (χ4n) is 1.67. The van der Waals surface area contributed by atoms with Crippen molar-refractivity contribution in [3.8, 4) is 0 Å². The molecule has 1 unspecified atom stereocenters. The molecule has 1 rings (SSSR count). The maximum absolute atomic E-state index is 11.8. The zero-order valence-corrected chi connectivity index (χ0v) is 11.4. The van der Waals surface area contributed by atoms with E-state index in [0.717, 1.165) is 5.56 Å². The van der Waals surface area contributed by atoms with Crippen LogP contribution in [0.1, 0.15) is 19.4 Å². The minimum absolute atomic E-state index is 0.0306. The Labute approximate surface area is 112 Å². The van der Waals surface area contributed by atoms with Gasteiger partial charge in [0.2, 0.25) is 0 Å². The maximum atomic E-state index is 11.8. The standard InChI is InChI=1S/C13H20N2O4/c1-9(2)11(12(16)17)6-14-13(18)15(3)7-10-4-5-19-8-10/h4-5,8-9,11H,6-7H2,1-3H3,(H,14,18)(H,16,17). The third-order valence-electron chi connectivity index (χ3n) is 2.94. The summed E-state index contributed by atoms with van der Waals surface area (Å²) in [6, 6.07) is 1.48. The SMILES string of the molecule is CC(C)C(CNC(=O)N(C)Cc1ccoc1)C(=O)O. The second-order valence-electron chi connectivity index (χ2n) is 4.86. The van der Waals surface area contributed by atoms with Gasteiger partial charge >= 0.3 is 12.0 Å². The number of aliphatic carboxylic acids is 1. The van der Waals surface area contributed by atoms with E-state index in [4.69, 9.17) is 9.52 Å². The van der Waals surface area contributed by atoms with Crippen LogP contribution in [0.4, 0.5) is 4.79 Å². The van der Waals surface area contributed by atoms with Crippen molar-refractivity contribution in [2.75, 3.05) is 13.6 Å². The highest BCUT2D eigenvalue weighted by atomic mass is 16.4. The van der Waals surface area contributed by atoms with Crippen molar-refractivity contribution < 1.29 is 19.1 Å². The minimum Gasteiger partial charge on any atom is -0.481 e. The molecule has 2 amide bonds. The second kappa shape index (κ2) is 6.82. The summed E-state index contributed by atoms with van der Waals surface area (Å²) in [5.41, 5.74) is 0.885. The average molecular weight is 268 g/mol. The lowest BCUT2D eigenvalue weighted by atomic mass is 9.96. The van der Waals surface area contributed by atoms with E-state index in [1.807, 2.05) is 13.8 Å². The van der Waals surface area contributed by atoms with Crippen molar-refractivity contribution in [2.45, 2.75) is 20.4 Å². The van der Waals surface area contributed by atoms with Crippen molar-refractivity contribution in [2.24, 2.45) is 11.8 Å². The monoisotopic (exact) mass is 268 g/mol. The first-order valence-corrected chi connectivity index (χ1v) is 6.14. The lowest BCUT2D eigenvalue weighted by Gasteiger charge is -2.21. The van der Waals surface area contributed by atoms with E-state index in [1.54, 1.807) is 25.6 Å². The number of urea groups is 1. The molecule has 0 aliphatic carbocycles. The second-order valence-corrected chi connectivity index (χ2v) is 4.86. The van der Waals surface area contributed by atoms with Crippen molar-refractivity contribution >= 4 is 12.0 Å². The smallest absolute Gasteiger partial charge is 0.317 e. The zero-order valence-electron chi connectivity index (χ0n) is 11.4. The Kier molecular flexibility index (Phi) is 5.41. The molecule has 0 saturated heterocycles. The first kappa shape index (κ1) is 15.1. The lowest BCUT2D eigenvalue weighted by Crippen LogP contribution is -2.41. The maximum Gasteiger partial charge on any atom is 0.317 e. The van der Waals surface area contributed by atoms with Crippen LogP contribution in [-0.2, 0) is 11.3 Å². The van der Waals surface area contributed by atoms with Gasteiger partial charge in [-0.15, -0.1) is 0 Å². The first-order valence-electron chi connectivity index (χ1n) is 6.14. The van der Waals surface area contributed by atoms with E-state index in [-0.39, 0.29) is 18.5 Å². The van der Waals surface area contributed by atoms with Gasteiger partial charge in [0, 0.05) is 19.2 Å². The number of hydrogen-bond acceptors (Lipinski definition) is 3. The Morgan fingerprint density at radius 2 is 2.16 bits per heavy atom. The number of carboxylic acid groups (broad SMARTS) is 1. The van der Waals surface area contributed by atoms with Crippen LogP contribution >= 0.6 is 0 Å². The molecule has 6 nitrogen and oxygen atoms in total. The van der Waals surface area contributed by atoms with E-state index < -0.39 is 11.9 Å². The Bertz CT molecular complexity index is 414. The molecule has 19 heavy (non-hydrogen) atoms. The number of carbonyl (C=O) groups excluding carboxylic acids is 1. The minimum atomic E-state index is -0.896. The highest BCUT2D eigenvalue weighted by Crippen LogP contribution is 2.10. The molecule has 0 radical (unpaired) electrons. The molecule has 0 fully saturated rings. The molecule has 1 atom stereocenters. The number of furan rings is 1. The van der Waals surface area contributed by atoms with E-state index in [0.29, 0.717) is 6.54 Å². The lowest BCUT2D eigenvalue weighted by molar-refractivity contribution is -0.142. The fraction of sp³-hybridized carbons (Fsp3) is 0.538. The molecule has 0 aromatic carbocycles. The number of rotatable bonds is 6. The van der Waals surface area contributed by atoms with Crippen LogP contribution in [0.25, 0.3) is 0 Å². The van der Waals surface area contributed by atoms with E-state index in [2.05, 4.69) is 5.32 Å². The van der Waals surface area contributed by atoms with E-state index in [1.165, 1.54) is 4.90 Å². The largest absolute Gasteiger partial charge is 0.481 e. The van der Waals surface area contributed by atoms with Crippen LogP contribution in [0.5, 0.6) is 0 Å². The van der Waals surface area contributed by atoms with Crippen molar-refractivity contribution in [3.63, 3.8) is 0 Å². The molecule has 0 spiro atoms. The van der Waals surface area contributed by atoms with Gasteiger partial charge in [-0.3, -0.25) is 4.79 Å². The number of nitrogens with zero attached hydrogens (tertiary/aromatic N) is 1. The molecule has 0 aliphatic heterocycles. The summed E-state index contributed by atoms with van der Waals surface area (Å²) < 4.78 is 4.92. The van der Waals surface area contributed by atoms with Gasteiger partial charge in [-0.1, -0.05) is 13.8 Å². The number of amides is 2. The van der Waals surface area contributed by atoms with Gasteiger partial charge in [-0.05, 0) is 12.0 Å². The highest BCUT2D eigenvalue weighted by Gasteiger charge is 2.22. The van der Waals surface area contributed by atoms with Crippen LogP contribution in [0, 0.1) is 11.8 Å². The molecule has 1 aromatic rings. The predicted molar refractivity (Wildman–Crippen MR) is 69.5 cm³/mol. The van der Waals surface area contributed by atoms with Crippen LogP contribution < -0.4 is 5.32 Å². The number of carbonyl (C=O) groups is 2. The first-order chi connectivity index (χ1) is 8.91. The van der Waals surface area contributed by atoms with Gasteiger partial charge in [-0.25, -0.2) is 4.79 Å². The average Bonchev–Trinajstić information content (AvgIpc) is 2.80. The molecule has 0 aliphatic rings. The quantitative estimate of drug-likeness (QED) is 0.823. The molecule has 106 valence electrons. The van der Waals surface area contributed by atoms with E-state index >= 15 is 0 Å². The Morgan fingerprint density at radius 3 is 2.63 bits per heavy atom. The highest BCUT2D eigenvalue weighted by molar-refractivity contribution is 5.75. The van der Waals surface area contributed by atoms with Gasteiger partial charge in [-0.2, -0.15) is 0 Å². The van der Waals surface area contributed by atoms with Gasteiger partial charge in [0.1, 0.15) is 0 Å².